The van der Waals surface area contributed by atoms with E-state index in [-0.39, 0.29) is 0 Å². The normalized spacial score (nSPS) is 22.5. The van der Waals surface area contributed by atoms with Crippen LogP contribution in [-0.4, -0.2) is 50.1 Å². The molecular weight excluding hydrogens is 236 g/mol. The van der Waals surface area contributed by atoms with Crippen molar-refractivity contribution < 1.29 is 0 Å². The van der Waals surface area contributed by atoms with Crippen molar-refractivity contribution in [3.05, 3.63) is 0 Å². The van der Waals surface area contributed by atoms with Crippen LogP contribution in [0.2, 0.25) is 0 Å². The minimum absolute atomic E-state index is 0.860. The Hall–Kier alpha value is -0.770. The summed E-state index contributed by atoms with van der Waals surface area (Å²) < 4.78 is 0. The van der Waals surface area contributed by atoms with Gasteiger partial charge in [-0.3, -0.25) is 4.99 Å². The summed E-state index contributed by atoms with van der Waals surface area (Å²) in [5.41, 5.74) is 0. The lowest BCUT2D eigenvalue weighted by atomic mass is 9.99. The molecular formula is C15H30N4. The molecule has 1 aliphatic heterocycles. The van der Waals surface area contributed by atoms with Crippen LogP contribution in [0.5, 0.6) is 0 Å². The summed E-state index contributed by atoms with van der Waals surface area (Å²) in [4.78, 5) is 7.21. The Bertz CT molecular complexity index is 278. The van der Waals surface area contributed by atoms with Gasteiger partial charge < -0.3 is 15.5 Å². The molecule has 1 aliphatic carbocycles. The van der Waals surface area contributed by atoms with Crippen LogP contribution in [0.25, 0.3) is 0 Å². The molecule has 4 nitrogen and oxygen atoms in total. The SMILES string of the molecule is CCNC(=NCC1CC1)NCCN1CCC(C)CC1. The van der Waals surface area contributed by atoms with Gasteiger partial charge in [0.05, 0.1) is 0 Å². The molecule has 0 atom stereocenters. The fraction of sp³-hybridized carbons (Fsp3) is 0.933. The summed E-state index contributed by atoms with van der Waals surface area (Å²) >= 11 is 0. The second-order valence-corrected chi connectivity index (χ2v) is 6.11. The number of hydrogen-bond donors (Lipinski definition) is 2. The van der Waals surface area contributed by atoms with Crippen LogP contribution in [0.3, 0.4) is 0 Å². The summed E-state index contributed by atoms with van der Waals surface area (Å²) in [6.45, 7) is 11.1. The number of nitrogens with one attached hydrogen (secondary N) is 2. The highest BCUT2D eigenvalue weighted by molar-refractivity contribution is 5.79. The van der Waals surface area contributed by atoms with Crippen LogP contribution in [0.1, 0.15) is 39.5 Å². The van der Waals surface area contributed by atoms with Gasteiger partial charge in [0.2, 0.25) is 0 Å². The summed E-state index contributed by atoms with van der Waals surface area (Å²) in [5.74, 6) is 2.78. The number of likely N-dealkylation sites (tertiary alicyclic amines) is 1. The first-order valence-electron chi connectivity index (χ1n) is 8.02. The average molecular weight is 266 g/mol. The van der Waals surface area contributed by atoms with Gasteiger partial charge in [-0.25, -0.2) is 0 Å². The Morgan fingerprint density at radius 3 is 2.53 bits per heavy atom. The van der Waals surface area contributed by atoms with Crippen molar-refractivity contribution in [1.82, 2.24) is 15.5 Å². The molecule has 2 rings (SSSR count). The molecule has 0 amide bonds. The van der Waals surface area contributed by atoms with Crippen molar-refractivity contribution in [1.29, 1.82) is 0 Å². The number of hydrogen-bond acceptors (Lipinski definition) is 2. The standard InChI is InChI=1S/C15H30N4/c1-3-16-15(18-12-14-4-5-14)17-8-11-19-9-6-13(2)7-10-19/h13-14H,3-12H2,1-2H3,(H2,16,17,18). The molecule has 2 fully saturated rings. The monoisotopic (exact) mass is 266 g/mol. The van der Waals surface area contributed by atoms with E-state index in [9.17, 15) is 0 Å². The van der Waals surface area contributed by atoms with Crippen LogP contribution in [-0.2, 0) is 0 Å². The van der Waals surface area contributed by atoms with Gasteiger partial charge in [-0.1, -0.05) is 6.92 Å². The summed E-state index contributed by atoms with van der Waals surface area (Å²) in [5, 5.41) is 6.79. The fourth-order valence-corrected chi connectivity index (χ4v) is 2.48. The van der Waals surface area contributed by atoms with E-state index in [2.05, 4.69) is 34.4 Å². The van der Waals surface area contributed by atoms with Gasteiger partial charge in [0.15, 0.2) is 5.96 Å². The zero-order chi connectivity index (χ0) is 13.5. The van der Waals surface area contributed by atoms with E-state index < -0.39 is 0 Å². The number of aliphatic imine (C=N–C) groups is 1. The Morgan fingerprint density at radius 1 is 1.16 bits per heavy atom. The quantitative estimate of drug-likeness (QED) is 0.568. The molecule has 1 heterocycles. The van der Waals surface area contributed by atoms with E-state index in [1.54, 1.807) is 0 Å². The molecule has 0 aromatic carbocycles. The van der Waals surface area contributed by atoms with Gasteiger partial charge in [-0.15, -0.1) is 0 Å². The summed E-state index contributed by atoms with van der Waals surface area (Å²) in [6.07, 6.45) is 5.45. The lowest BCUT2D eigenvalue weighted by Crippen LogP contribution is -2.43. The molecule has 0 spiro atoms. The van der Waals surface area contributed by atoms with Crippen molar-refractivity contribution >= 4 is 5.96 Å². The van der Waals surface area contributed by atoms with Gasteiger partial charge in [-0.2, -0.15) is 0 Å². The van der Waals surface area contributed by atoms with Crippen molar-refractivity contribution in [2.24, 2.45) is 16.8 Å². The van der Waals surface area contributed by atoms with Crippen molar-refractivity contribution in [3.8, 4) is 0 Å². The molecule has 110 valence electrons. The Labute approximate surface area is 118 Å². The predicted octanol–water partition coefficient (Wildman–Crippen LogP) is 1.68. The summed E-state index contributed by atoms with van der Waals surface area (Å²) in [7, 11) is 0. The maximum atomic E-state index is 4.65. The first-order chi connectivity index (χ1) is 9.28. The first-order valence-corrected chi connectivity index (χ1v) is 8.02. The van der Waals surface area contributed by atoms with Gasteiger partial charge in [0.1, 0.15) is 0 Å². The van der Waals surface area contributed by atoms with E-state index >= 15 is 0 Å². The Morgan fingerprint density at radius 2 is 1.89 bits per heavy atom. The highest BCUT2D eigenvalue weighted by atomic mass is 15.2. The molecule has 2 N–H and O–H groups in total. The van der Waals surface area contributed by atoms with E-state index in [1.165, 1.54) is 38.8 Å². The molecule has 0 aromatic heterocycles. The average Bonchev–Trinajstić information content (AvgIpc) is 3.22. The van der Waals surface area contributed by atoms with Crippen LogP contribution < -0.4 is 10.6 Å². The largest absolute Gasteiger partial charge is 0.357 e. The maximum absolute atomic E-state index is 4.65. The first kappa shape index (κ1) is 14.6. The molecule has 4 heteroatoms. The molecule has 2 aliphatic rings. The van der Waals surface area contributed by atoms with Crippen LogP contribution in [0, 0.1) is 11.8 Å². The fourth-order valence-electron chi connectivity index (χ4n) is 2.48. The molecule has 1 saturated heterocycles. The van der Waals surface area contributed by atoms with E-state index in [0.717, 1.165) is 44.0 Å². The minimum atomic E-state index is 0.860. The Balaban J connectivity index is 1.62. The number of nitrogens with zero attached hydrogens (tertiary/aromatic N) is 2. The van der Waals surface area contributed by atoms with Gasteiger partial charge in [-0.05, 0) is 57.5 Å². The lowest BCUT2D eigenvalue weighted by molar-refractivity contribution is 0.195. The van der Waals surface area contributed by atoms with E-state index in [0.29, 0.717) is 0 Å². The van der Waals surface area contributed by atoms with E-state index in [4.69, 9.17) is 0 Å². The minimum Gasteiger partial charge on any atom is -0.357 e. The van der Waals surface area contributed by atoms with Crippen LogP contribution >= 0.6 is 0 Å². The number of rotatable bonds is 6. The zero-order valence-corrected chi connectivity index (χ0v) is 12.6. The second kappa shape index (κ2) is 7.73. The lowest BCUT2D eigenvalue weighted by Gasteiger charge is -2.30. The summed E-state index contributed by atoms with van der Waals surface area (Å²) in [6, 6.07) is 0. The van der Waals surface area contributed by atoms with Gasteiger partial charge in [0.25, 0.3) is 0 Å². The smallest absolute Gasteiger partial charge is 0.191 e. The van der Waals surface area contributed by atoms with Crippen molar-refractivity contribution in [2.45, 2.75) is 39.5 Å². The third-order valence-electron chi connectivity index (χ3n) is 4.15. The topological polar surface area (TPSA) is 39.7 Å². The number of guanidine groups is 1. The Kier molecular flexibility index (Phi) is 5.95. The molecule has 0 unspecified atom stereocenters. The molecule has 1 saturated carbocycles. The third kappa shape index (κ3) is 5.81. The van der Waals surface area contributed by atoms with Crippen LogP contribution in [0.4, 0.5) is 0 Å². The molecule has 19 heavy (non-hydrogen) atoms. The van der Waals surface area contributed by atoms with Crippen molar-refractivity contribution in [3.63, 3.8) is 0 Å². The second-order valence-electron chi connectivity index (χ2n) is 6.11. The zero-order valence-electron chi connectivity index (χ0n) is 12.6. The molecule has 0 radical (unpaired) electrons. The molecule has 0 aromatic rings. The van der Waals surface area contributed by atoms with E-state index in [1.807, 2.05) is 0 Å². The highest BCUT2D eigenvalue weighted by Gasteiger charge is 2.20. The van der Waals surface area contributed by atoms with Crippen LogP contribution in [0.15, 0.2) is 4.99 Å². The predicted molar refractivity (Wildman–Crippen MR) is 81.5 cm³/mol. The highest BCUT2D eigenvalue weighted by Crippen LogP contribution is 2.28. The maximum Gasteiger partial charge on any atom is 0.191 e. The van der Waals surface area contributed by atoms with Gasteiger partial charge >= 0.3 is 0 Å². The van der Waals surface area contributed by atoms with Crippen molar-refractivity contribution in [2.75, 3.05) is 39.3 Å². The third-order valence-corrected chi connectivity index (χ3v) is 4.15. The number of piperidine rings is 1. The molecule has 0 bridgehead atoms. The van der Waals surface area contributed by atoms with Gasteiger partial charge in [0, 0.05) is 26.2 Å².